The van der Waals surface area contributed by atoms with E-state index in [9.17, 15) is 4.39 Å². The van der Waals surface area contributed by atoms with Crippen molar-refractivity contribution in [3.05, 3.63) is 57.3 Å². The first-order chi connectivity index (χ1) is 8.56. The van der Waals surface area contributed by atoms with E-state index in [1.807, 2.05) is 0 Å². The largest absolute Gasteiger partial charge is 0.488 e. The molecular formula is C13H10BrClFNO. The van der Waals surface area contributed by atoms with E-state index in [2.05, 4.69) is 15.9 Å². The smallest absolute Gasteiger partial charge is 0.134 e. The molecule has 18 heavy (non-hydrogen) atoms. The van der Waals surface area contributed by atoms with Gasteiger partial charge < -0.3 is 10.5 Å². The lowest BCUT2D eigenvalue weighted by Crippen LogP contribution is -2.00. The van der Waals surface area contributed by atoms with E-state index in [4.69, 9.17) is 22.1 Å². The molecule has 0 aliphatic rings. The van der Waals surface area contributed by atoms with Gasteiger partial charge in [-0.1, -0.05) is 17.7 Å². The molecule has 94 valence electrons. The second kappa shape index (κ2) is 5.59. The molecule has 0 bridgehead atoms. The highest BCUT2D eigenvalue weighted by Crippen LogP contribution is 2.27. The number of halogens is 3. The van der Waals surface area contributed by atoms with Crippen LogP contribution < -0.4 is 10.5 Å². The van der Waals surface area contributed by atoms with Gasteiger partial charge in [-0.25, -0.2) is 4.39 Å². The molecule has 0 amide bonds. The topological polar surface area (TPSA) is 35.2 Å². The molecule has 0 heterocycles. The van der Waals surface area contributed by atoms with Crippen LogP contribution in [0, 0.1) is 5.82 Å². The fourth-order valence-corrected chi connectivity index (χ4v) is 2.09. The maximum atomic E-state index is 12.9. The summed E-state index contributed by atoms with van der Waals surface area (Å²) < 4.78 is 19.0. The molecule has 2 aromatic rings. The van der Waals surface area contributed by atoms with E-state index in [1.165, 1.54) is 12.1 Å². The van der Waals surface area contributed by atoms with Gasteiger partial charge in [-0.05, 0) is 46.3 Å². The lowest BCUT2D eigenvalue weighted by atomic mass is 10.2. The number of rotatable bonds is 3. The predicted octanol–water partition coefficient (Wildman–Crippen LogP) is 4.40. The van der Waals surface area contributed by atoms with Gasteiger partial charge in [0.25, 0.3) is 0 Å². The van der Waals surface area contributed by atoms with Crippen LogP contribution in [0.4, 0.5) is 10.1 Å². The van der Waals surface area contributed by atoms with Gasteiger partial charge in [-0.2, -0.15) is 0 Å². The highest BCUT2D eigenvalue weighted by atomic mass is 79.9. The lowest BCUT2D eigenvalue weighted by molar-refractivity contribution is 0.304. The van der Waals surface area contributed by atoms with Crippen molar-refractivity contribution in [2.24, 2.45) is 0 Å². The third-order valence-corrected chi connectivity index (χ3v) is 3.24. The summed E-state index contributed by atoms with van der Waals surface area (Å²) in [6, 6.07) is 9.46. The molecule has 0 aliphatic heterocycles. The molecule has 0 fully saturated rings. The van der Waals surface area contributed by atoms with Crippen LogP contribution in [-0.4, -0.2) is 0 Å². The van der Waals surface area contributed by atoms with Crippen LogP contribution in [0.5, 0.6) is 5.75 Å². The van der Waals surface area contributed by atoms with Crippen LogP contribution in [0.25, 0.3) is 0 Å². The average molecular weight is 331 g/mol. The van der Waals surface area contributed by atoms with Gasteiger partial charge in [0.1, 0.15) is 18.2 Å². The monoisotopic (exact) mass is 329 g/mol. The third kappa shape index (κ3) is 3.15. The molecule has 2 rings (SSSR count). The summed E-state index contributed by atoms with van der Waals surface area (Å²) >= 11 is 9.04. The Morgan fingerprint density at radius 1 is 1.22 bits per heavy atom. The number of nitrogens with two attached hydrogens (primary N) is 1. The second-order valence-corrected chi connectivity index (χ2v) is 5.00. The van der Waals surface area contributed by atoms with Crippen LogP contribution in [0.15, 0.2) is 40.9 Å². The molecule has 0 radical (unpaired) electrons. The van der Waals surface area contributed by atoms with Gasteiger partial charge in [-0.3, -0.25) is 0 Å². The van der Waals surface area contributed by atoms with Crippen molar-refractivity contribution in [1.29, 1.82) is 0 Å². The summed E-state index contributed by atoms with van der Waals surface area (Å²) in [6.45, 7) is 0.299. The van der Waals surface area contributed by atoms with Gasteiger partial charge in [-0.15, -0.1) is 0 Å². The number of hydrogen-bond donors (Lipinski definition) is 1. The normalized spacial score (nSPS) is 10.4. The molecule has 2 aromatic carbocycles. The predicted molar refractivity (Wildman–Crippen MR) is 74.3 cm³/mol. The van der Waals surface area contributed by atoms with Crippen LogP contribution in [0.2, 0.25) is 5.02 Å². The molecule has 0 aromatic heterocycles. The first kappa shape index (κ1) is 13.2. The van der Waals surface area contributed by atoms with E-state index in [-0.39, 0.29) is 5.82 Å². The number of ether oxygens (including phenoxy) is 1. The lowest BCUT2D eigenvalue weighted by Gasteiger charge is -2.10. The van der Waals surface area contributed by atoms with Gasteiger partial charge in [0.2, 0.25) is 0 Å². The van der Waals surface area contributed by atoms with Crippen molar-refractivity contribution in [2.45, 2.75) is 6.61 Å². The van der Waals surface area contributed by atoms with Gasteiger partial charge in [0.15, 0.2) is 0 Å². The molecular weight excluding hydrogens is 321 g/mol. The Bertz CT molecular complexity index is 525. The number of nitrogen functional groups attached to an aromatic ring is 1. The molecule has 5 heteroatoms. The van der Waals surface area contributed by atoms with E-state index < -0.39 is 0 Å². The maximum absolute atomic E-state index is 12.9. The minimum atomic E-state index is -0.319. The molecule has 2 N–H and O–H groups in total. The van der Waals surface area contributed by atoms with Crippen molar-refractivity contribution in [3.63, 3.8) is 0 Å². The number of anilines is 1. The van der Waals surface area contributed by atoms with Gasteiger partial charge >= 0.3 is 0 Å². The van der Waals surface area contributed by atoms with Crippen LogP contribution in [0.1, 0.15) is 5.56 Å². The van der Waals surface area contributed by atoms with Crippen molar-refractivity contribution in [3.8, 4) is 5.75 Å². The Kier molecular flexibility index (Phi) is 4.09. The Hall–Kier alpha value is -1.26. The zero-order valence-electron chi connectivity index (χ0n) is 9.29. The fraction of sp³-hybridized carbons (Fsp3) is 0.0769. The van der Waals surface area contributed by atoms with Crippen molar-refractivity contribution in [2.75, 3.05) is 5.73 Å². The molecule has 0 saturated heterocycles. The van der Waals surface area contributed by atoms with E-state index in [0.717, 1.165) is 5.56 Å². The highest BCUT2D eigenvalue weighted by Gasteiger charge is 2.05. The van der Waals surface area contributed by atoms with Crippen molar-refractivity contribution < 1.29 is 9.13 Å². The van der Waals surface area contributed by atoms with Gasteiger partial charge in [0.05, 0.1) is 4.47 Å². The summed E-state index contributed by atoms with van der Waals surface area (Å²) in [5.74, 6) is 0.242. The van der Waals surface area contributed by atoms with Crippen molar-refractivity contribution >= 4 is 33.2 Å². The molecule has 0 atom stereocenters. The Balaban J connectivity index is 2.11. The summed E-state index contributed by atoms with van der Waals surface area (Å²) in [6.07, 6.45) is 0. The molecule has 0 unspecified atom stereocenters. The number of hydrogen-bond acceptors (Lipinski definition) is 2. The summed E-state index contributed by atoms with van der Waals surface area (Å²) in [5.41, 5.74) is 7.21. The Morgan fingerprint density at radius 2 is 2.00 bits per heavy atom. The SMILES string of the molecule is Nc1cc(Cl)ccc1COc1ccc(F)cc1Br. The first-order valence-electron chi connectivity index (χ1n) is 5.18. The van der Waals surface area contributed by atoms with E-state index in [1.54, 1.807) is 24.3 Å². The minimum Gasteiger partial charge on any atom is -0.488 e. The zero-order chi connectivity index (χ0) is 13.1. The molecule has 0 saturated carbocycles. The van der Waals surface area contributed by atoms with Crippen molar-refractivity contribution in [1.82, 2.24) is 0 Å². The van der Waals surface area contributed by atoms with Crippen LogP contribution in [-0.2, 0) is 6.61 Å². The highest BCUT2D eigenvalue weighted by molar-refractivity contribution is 9.10. The summed E-state index contributed by atoms with van der Waals surface area (Å²) in [7, 11) is 0. The third-order valence-electron chi connectivity index (χ3n) is 2.39. The fourth-order valence-electron chi connectivity index (χ4n) is 1.45. The van der Waals surface area contributed by atoms with E-state index >= 15 is 0 Å². The standard InChI is InChI=1S/C13H10BrClFNO/c14-11-6-10(16)3-4-13(11)18-7-8-1-2-9(15)5-12(8)17/h1-6H,7,17H2. The van der Waals surface area contributed by atoms with Crippen LogP contribution in [0.3, 0.4) is 0 Å². The molecule has 0 aliphatic carbocycles. The quantitative estimate of drug-likeness (QED) is 0.846. The maximum Gasteiger partial charge on any atom is 0.134 e. The second-order valence-electron chi connectivity index (χ2n) is 3.71. The summed E-state index contributed by atoms with van der Waals surface area (Å²) in [4.78, 5) is 0. The number of benzene rings is 2. The summed E-state index contributed by atoms with van der Waals surface area (Å²) in [5, 5.41) is 0.583. The first-order valence-corrected chi connectivity index (χ1v) is 6.35. The van der Waals surface area contributed by atoms with Crippen LogP contribution >= 0.6 is 27.5 Å². The Labute approximate surface area is 118 Å². The molecule has 0 spiro atoms. The van der Waals surface area contributed by atoms with E-state index in [0.29, 0.717) is 27.5 Å². The zero-order valence-corrected chi connectivity index (χ0v) is 11.6. The molecule has 2 nitrogen and oxygen atoms in total. The average Bonchev–Trinajstić information content (AvgIpc) is 2.30. The Morgan fingerprint density at radius 3 is 2.67 bits per heavy atom. The minimum absolute atomic E-state index is 0.299. The van der Waals surface area contributed by atoms with Gasteiger partial charge in [0, 0.05) is 16.3 Å².